The second-order valence-electron chi connectivity index (χ2n) is 11.0. The van der Waals surface area contributed by atoms with Crippen molar-refractivity contribution in [2.45, 2.75) is 83.1 Å². The number of nitrogens with zero attached hydrogens (tertiary/aromatic N) is 2. The molecule has 2 amide bonds. The lowest BCUT2D eigenvalue weighted by atomic mass is 9.79. The number of fused-ring (bicyclic) bond motifs is 1. The zero-order valence-electron chi connectivity index (χ0n) is 16.6. The molecule has 4 saturated carbocycles. The van der Waals surface area contributed by atoms with Crippen LogP contribution in [0.25, 0.3) is 0 Å². The summed E-state index contributed by atoms with van der Waals surface area (Å²) in [6, 6.07) is 0.315. The summed E-state index contributed by atoms with van der Waals surface area (Å²) in [5.74, 6) is 1.96. The average molecular weight is 371 g/mol. The largest absolute Gasteiger partial charge is 0.340 e. The van der Waals surface area contributed by atoms with E-state index in [2.05, 4.69) is 9.80 Å². The number of amides is 2. The van der Waals surface area contributed by atoms with Gasteiger partial charge in [-0.05, 0) is 81.5 Å². The van der Waals surface area contributed by atoms with Gasteiger partial charge in [-0.3, -0.25) is 9.59 Å². The van der Waals surface area contributed by atoms with Gasteiger partial charge in [0.05, 0.1) is 6.04 Å². The van der Waals surface area contributed by atoms with Crippen LogP contribution in [0.1, 0.15) is 77.0 Å². The highest BCUT2D eigenvalue weighted by Crippen LogP contribution is 2.62. The number of hydrogen-bond acceptors (Lipinski definition) is 2. The first-order valence-corrected chi connectivity index (χ1v) is 11.7. The molecule has 2 spiro atoms. The number of rotatable bonds is 2. The second kappa shape index (κ2) is 5.73. The summed E-state index contributed by atoms with van der Waals surface area (Å²) in [5, 5.41) is 0. The van der Waals surface area contributed by atoms with Gasteiger partial charge in [-0.15, -0.1) is 0 Å². The van der Waals surface area contributed by atoms with Gasteiger partial charge in [0.2, 0.25) is 11.8 Å². The highest BCUT2D eigenvalue weighted by atomic mass is 16.2. The van der Waals surface area contributed by atoms with Crippen molar-refractivity contribution in [3.05, 3.63) is 0 Å². The Morgan fingerprint density at radius 2 is 1.56 bits per heavy atom. The molecule has 4 nitrogen and oxygen atoms in total. The summed E-state index contributed by atoms with van der Waals surface area (Å²) >= 11 is 0. The van der Waals surface area contributed by atoms with Gasteiger partial charge in [0.15, 0.2) is 0 Å². The van der Waals surface area contributed by atoms with Crippen LogP contribution in [0.5, 0.6) is 0 Å². The Morgan fingerprint density at radius 1 is 0.778 bits per heavy atom. The van der Waals surface area contributed by atoms with Gasteiger partial charge < -0.3 is 9.80 Å². The molecule has 2 saturated heterocycles. The van der Waals surface area contributed by atoms with Gasteiger partial charge >= 0.3 is 0 Å². The van der Waals surface area contributed by atoms with Gasteiger partial charge in [-0.2, -0.15) is 0 Å². The maximum atomic E-state index is 13.2. The zero-order valence-corrected chi connectivity index (χ0v) is 16.6. The first-order chi connectivity index (χ1) is 13.1. The Morgan fingerprint density at radius 3 is 2.26 bits per heavy atom. The van der Waals surface area contributed by atoms with Crippen LogP contribution in [0.3, 0.4) is 0 Å². The molecule has 0 N–H and O–H groups in total. The van der Waals surface area contributed by atoms with E-state index in [0.717, 1.165) is 45.3 Å². The van der Waals surface area contributed by atoms with Crippen molar-refractivity contribution < 1.29 is 9.59 Å². The summed E-state index contributed by atoms with van der Waals surface area (Å²) in [6.45, 7) is 2.66. The number of carbonyl (C=O) groups excluding carboxylic acids is 2. The molecule has 0 aromatic heterocycles. The van der Waals surface area contributed by atoms with Crippen molar-refractivity contribution in [1.82, 2.24) is 9.80 Å². The molecule has 0 radical (unpaired) electrons. The summed E-state index contributed by atoms with van der Waals surface area (Å²) in [5.41, 5.74) is 1.05. The molecule has 2 aliphatic heterocycles. The van der Waals surface area contributed by atoms with Gasteiger partial charge in [0.25, 0.3) is 0 Å². The first kappa shape index (κ1) is 16.9. The minimum absolute atomic E-state index is 0.268. The first-order valence-electron chi connectivity index (χ1n) is 11.7. The van der Waals surface area contributed by atoms with Crippen LogP contribution in [0.4, 0.5) is 0 Å². The Hall–Kier alpha value is -1.06. The standard InChI is InChI=1S/C23H34N2O2/c26-20(16-3-7-22(8-4-16)9-10-22)25-13-5-17-14-24(15-19(17)25)21(27)18-2-1-6-23(18)11-12-23/h16-19H,1-15H2/t17-,18?,19+/m0/s1. The van der Waals surface area contributed by atoms with Crippen molar-refractivity contribution in [3.63, 3.8) is 0 Å². The molecule has 6 rings (SSSR count). The van der Waals surface area contributed by atoms with Crippen molar-refractivity contribution in [2.75, 3.05) is 19.6 Å². The highest BCUT2D eigenvalue weighted by Gasteiger charge is 2.57. The Balaban J connectivity index is 1.11. The molecule has 6 fully saturated rings. The predicted molar refractivity (Wildman–Crippen MR) is 103 cm³/mol. The van der Waals surface area contributed by atoms with E-state index in [9.17, 15) is 9.59 Å². The molecule has 6 aliphatic rings. The maximum Gasteiger partial charge on any atom is 0.226 e. The summed E-state index contributed by atoms with van der Waals surface area (Å²) in [4.78, 5) is 30.8. The fourth-order valence-corrected chi connectivity index (χ4v) is 7.31. The maximum absolute atomic E-state index is 13.2. The smallest absolute Gasteiger partial charge is 0.226 e. The third-order valence-electron chi connectivity index (χ3n) is 9.59. The van der Waals surface area contributed by atoms with Crippen LogP contribution in [0, 0.1) is 28.6 Å². The lowest BCUT2D eigenvalue weighted by molar-refractivity contribution is -0.140. The Kier molecular flexibility index (Phi) is 3.58. The highest BCUT2D eigenvalue weighted by molar-refractivity contribution is 5.82. The summed E-state index contributed by atoms with van der Waals surface area (Å²) in [7, 11) is 0. The zero-order chi connectivity index (χ0) is 18.2. The number of carbonyl (C=O) groups is 2. The van der Waals surface area contributed by atoms with Crippen molar-refractivity contribution in [2.24, 2.45) is 28.6 Å². The van der Waals surface area contributed by atoms with Gasteiger partial charge in [-0.1, -0.05) is 6.42 Å². The SMILES string of the molecule is O=C(C1CCCC12CC2)N1C[C@@H]2CCN(C(=O)C3CCC4(CC3)CC4)[C@@H]2C1. The molecular formula is C23H34N2O2. The van der Waals surface area contributed by atoms with E-state index in [-0.39, 0.29) is 5.92 Å². The fourth-order valence-electron chi connectivity index (χ4n) is 7.31. The molecule has 0 aromatic carbocycles. The summed E-state index contributed by atoms with van der Waals surface area (Å²) < 4.78 is 0. The molecule has 0 bridgehead atoms. The van der Waals surface area contributed by atoms with E-state index >= 15 is 0 Å². The normalized spacial score (nSPS) is 38.6. The van der Waals surface area contributed by atoms with Crippen LogP contribution >= 0.6 is 0 Å². The van der Waals surface area contributed by atoms with Gasteiger partial charge in [0, 0.05) is 37.4 Å². The fraction of sp³-hybridized carbons (Fsp3) is 0.913. The van der Waals surface area contributed by atoms with Gasteiger partial charge in [-0.25, -0.2) is 0 Å². The third kappa shape index (κ3) is 2.61. The molecule has 3 atom stereocenters. The van der Waals surface area contributed by atoms with E-state index in [1.165, 1.54) is 51.4 Å². The Labute approximate surface area is 163 Å². The summed E-state index contributed by atoms with van der Waals surface area (Å²) in [6.07, 6.45) is 14.9. The lowest BCUT2D eigenvalue weighted by Gasteiger charge is -2.33. The van der Waals surface area contributed by atoms with E-state index < -0.39 is 0 Å². The van der Waals surface area contributed by atoms with Crippen LogP contribution in [-0.2, 0) is 9.59 Å². The van der Waals surface area contributed by atoms with E-state index in [1.807, 2.05) is 0 Å². The molecule has 4 aliphatic carbocycles. The van der Waals surface area contributed by atoms with Crippen LogP contribution in [0.15, 0.2) is 0 Å². The molecule has 4 heteroatoms. The van der Waals surface area contributed by atoms with Crippen LogP contribution < -0.4 is 0 Å². The number of hydrogen-bond donors (Lipinski definition) is 0. The van der Waals surface area contributed by atoms with E-state index in [4.69, 9.17) is 0 Å². The van der Waals surface area contributed by atoms with E-state index in [1.54, 1.807) is 0 Å². The molecule has 0 aromatic rings. The number of likely N-dealkylation sites (tertiary alicyclic amines) is 2. The van der Waals surface area contributed by atoms with Gasteiger partial charge in [0.1, 0.15) is 0 Å². The monoisotopic (exact) mass is 370 g/mol. The quantitative estimate of drug-likeness (QED) is 0.745. The lowest BCUT2D eigenvalue weighted by Crippen LogP contribution is -2.45. The van der Waals surface area contributed by atoms with Crippen LogP contribution in [-0.4, -0.2) is 47.3 Å². The molecule has 2 heterocycles. The molecule has 27 heavy (non-hydrogen) atoms. The minimum Gasteiger partial charge on any atom is -0.340 e. The molecule has 148 valence electrons. The van der Waals surface area contributed by atoms with E-state index in [0.29, 0.717) is 40.5 Å². The Bertz CT molecular complexity index is 655. The topological polar surface area (TPSA) is 40.6 Å². The molecular weight excluding hydrogens is 336 g/mol. The predicted octanol–water partition coefficient (Wildman–Crippen LogP) is 3.60. The minimum atomic E-state index is 0.268. The van der Waals surface area contributed by atoms with Crippen molar-refractivity contribution >= 4 is 11.8 Å². The van der Waals surface area contributed by atoms with Crippen molar-refractivity contribution in [3.8, 4) is 0 Å². The second-order valence-corrected chi connectivity index (χ2v) is 11.0. The van der Waals surface area contributed by atoms with Crippen LogP contribution in [0.2, 0.25) is 0 Å². The molecule has 1 unspecified atom stereocenters. The third-order valence-corrected chi connectivity index (χ3v) is 9.59. The van der Waals surface area contributed by atoms with Crippen molar-refractivity contribution in [1.29, 1.82) is 0 Å². The average Bonchev–Trinajstić information content (AvgIpc) is 3.43.